The lowest BCUT2D eigenvalue weighted by Gasteiger charge is -2.09. The van der Waals surface area contributed by atoms with Crippen molar-refractivity contribution >= 4 is 11.7 Å². The molecular weight excluding hydrogens is 425 g/mol. The van der Waals surface area contributed by atoms with Crippen molar-refractivity contribution in [1.82, 2.24) is 19.7 Å². The van der Waals surface area contributed by atoms with Crippen molar-refractivity contribution in [3.05, 3.63) is 107 Å². The summed E-state index contributed by atoms with van der Waals surface area (Å²) in [5.74, 6) is -0.120. The normalized spacial score (nSPS) is 10.8. The zero-order valence-corrected chi connectivity index (χ0v) is 17.0. The van der Waals surface area contributed by atoms with Crippen LogP contribution in [-0.2, 0) is 0 Å². The number of carbonyl (C=O) groups excluding carboxylic acids is 1. The number of carbonyl (C=O) groups is 1. The van der Waals surface area contributed by atoms with Gasteiger partial charge in [0.1, 0.15) is 17.3 Å². The molecule has 0 bridgehead atoms. The number of furan rings is 1. The van der Waals surface area contributed by atoms with Crippen molar-refractivity contribution in [2.24, 2.45) is 0 Å². The van der Waals surface area contributed by atoms with Crippen LogP contribution >= 0.6 is 0 Å². The fourth-order valence-electron chi connectivity index (χ4n) is 3.27. The van der Waals surface area contributed by atoms with Crippen LogP contribution in [0.15, 0.2) is 94.3 Å². The van der Waals surface area contributed by atoms with Gasteiger partial charge in [-0.2, -0.15) is 9.78 Å². The van der Waals surface area contributed by atoms with Crippen LogP contribution in [0.4, 0.5) is 10.2 Å². The number of H-pyrrole nitrogens is 1. The van der Waals surface area contributed by atoms with Gasteiger partial charge in [-0.3, -0.25) is 14.6 Å². The number of anilines is 1. The van der Waals surface area contributed by atoms with E-state index in [1.165, 1.54) is 41.3 Å². The number of nitrogens with zero attached hydrogens (tertiary/aromatic N) is 3. The van der Waals surface area contributed by atoms with Gasteiger partial charge in [0.15, 0.2) is 5.76 Å². The summed E-state index contributed by atoms with van der Waals surface area (Å²) in [4.78, 5) is 32.4. The monoisotopic (exact) mass is 441 g/mol. The van der Waals surface area contributed by atoms with E-state index >= 15 is 0 Å². The Hall–Kier alpha value is -4.79. The van der Waals surface area contributed by atoms with Gasteiger partial charge < -0.3 is 9.73 Å². The molecule has 0 saturated heterocycles. The first-order valence-corrected chi connectivity index (χ1v) is 9.95. The second kappa shape index (κ2) is 8.39. The molecule has 0 aliphatic rings. The smallest absolute Gasteiger partial charge is 0.256 e. The van der Waals surface area contributed by atoms with Crippen LogP contribution in [0, 0.1) is 5.82 Å². The van der Waals surface area contributed by atoms with E-state index in [4.69, 9.17) is 4.42 Å². The van der Waals surface area contributed by atoms with Gasteiger partial charge in [-0.15, -0.1) is 0 Å². The fraction of sp³-hybridized carbons (Fsp3) is 0. The Kier molecular flexibility index (Phi) is 5.12. The molecule has 9 heteroatoms. The average Bonchev–Trinajstić information content (AvgIpc) is 3.50. The Morgan fingerprint density at radius 1 is 0.970 bits per heavy atom. The van der Waals surface area contributed by atoms with Crippen molar-refractivity contribution in [2.75, 3.05) is 5.32 Å². The molecule has 5 aromatic rings. The predicted molar refractivity (Wildman–Crippen MR) is 119 cm³/mol. The highest BCUT2D eigenvalue weighted by molar-refractivity contribution is 6.04. The van der Waals surface area contributed by atoms with Crippen LogP contribution in [0.1, 0.15) is 10.4 Å². The first-order valence-electron chi connectivity index (χ1n) is 9.95. The van der Waals surface area contributed by atoms with Crippen molar-refractivity contribution < 1.29 is 13.6 Å². The maximum Gasteiger partial charge on any atom is 0.256 e. The Bertz CT molecular complexity index is 1470. The molecule has 0 fully saturated rings. The van der Waals surface area contributed by atoms with Gasteiger partial charge in [-0.25, -0.2) is 9.37 Å². The molecule has 1 amide bonds. The molecule has 5 rings (SSSR count). The zero-order valence-electron chi connectivity index (χ0n) is 17.0. The lowest BCUT2D eigenvalue weighted by Crippen LogP contribution is -2.18. The van der Waals surface area contributed by atoms with Crippen LogP contribution < -0.4 is 10.9 Å². The maximum atomic E-state index is 13.2. The summed E-state index contributed by atoms with van der Waals surface area (Å²) in [7, 11) is 0. The highest BCUT2D eigenvalue weighted by Crippen LogP contribution is 2.25. The molecule has 0 aliphatic carbocycles. The molecular formula is C24H16FN5O3. The summed E-state index contributed by atoms with van der Waals surface area (Å²) in [6.07, 6.45) is 1.50. The maximum absolute atomic E-state index is 13.2. The average molecular weight is 441 g/mol. The number of nitrogens with one attached hydrogen (secondary N) is 2. The molecule has 3 aromatic heterocycles. The first-order chi connectivity index (χ1) is 16.1. The minimum atomic E-state index is -0.483. The lowest BCUT2D eigenvalue weighted by atomic mass is 10.1. The number of aromatic nitrogens is 4. The number of halogens is 1. The molecule has 0 unspecified atom stereocenters. The molecule has 0 aliphatic heterocycles. The molecule has 162 valence electrons. The van der Waals surface area contributed by atoms with E-state index in [0.29, 0.717) is 17.1 Å². The summed E-state index contributed by atoms with van der Waals surface area (Å²) < 4.78 is 20.0. The van der Waals surface area contributed by atoms with E-state index in [0.717, 1.165) is 5.56 Å². The summed E-state index contributed by atoms with van der Waals surface area (Å²) in [6, 6.07) is 20.8. The molecule has 3 heterocycles. The van der Waals surface area contributed by atoms with Gasteiger partial charge in [-0.05, 0) is 36.4 Å². The fourth-order valence-corrected chi connectivity index (χ4v) is 3.27. The number of hydrogen-bond acceptors (Lipinski definition) is 5. The topological polar surface area (TPSA) is 106 Å². The molecule has 2 N–H and O–H groups in total. The Morgan fingerprint density at radius 3 is 2.48 bits per heavy atom. The first kappa shape index (κ1) is 20.1. The van der Waals surface area contributed by atoms with Gasteiger partial charge in [0.2, 0.25) is 5.95 Å². The van der Waals surface area contributed by atoms with Crippen LogP contribution in [0.25, 0.3) is 28.7 Å². The highest BCUT2D eigenvalue weighted by atomic mass is 19.1. The van der Waals surface area contributed by atoms with Gasteiger partial charge in [0.25, 0.3) is 11.5 Å². The quantitative estimate of drug-likeness (QED) is 0.424. The molecule has 0 atom stereocenters. The Balaban J connectivity index is 1.59. The summed E-state index contributed by atoms with van der Waals surface area (Å²) in [6.45, 7) is 0. The predicted octanol–water partition coefficient (Wildman–Crippen LogP) is 4.27. The van der Waals surface area contributed by atoms with E-state index in [2.05, 4.69) is 20.4 Å². The van der Waals surface area contributed by atoms with Gasteiger partial charge in [-0.1, -0.05) is 30.3 Å². The number of hydrogen-bond donors (Lipinski definition) is 2. The number of rotatable bonds is 5. The number of amides is 1. The van der Waals surface area contributed by atoms with Crippen LogP contribution in [0.5, 0.6) is 0 Å². The van der Waals surface area contributed by atoms with E-state index in [-0.39, 0.29) is 22.9 Å². The van der Waals surface area contributed by atoms with Crippen molar-refractivity contribution in [2.45, 2.75) is 0 Å². The van der Waals surface area contributed by atoms with Crippen molar-refractivity contribution in [1.29, 1.82) is 0 Å². The lowest BCUT2D eigenvalue weighted by molar-refractivity contribution is 0.102. The van der Waals surface area contributed by atoms with Crippen LogP contribution in [-0.4, -0.2) is 25.7 Å². The standard InChI is InChI=1S/C24H16FN5O3/c25-17-10-8-16(9-11-17)23(32)27-21-13-19(20-7-4-12-33-20)29-30(21)24-26-18(14-22(31)28-24)15-5-2-1-3-6-15/h1-14H,(H,27,32)(H,26,28,31). The third-order valence-corrected chi connectivity index (χ3v) is 4.83. The Morgan fingerprint density at radius 2 is 1.76 bits per heavy atom. The van der Waals surface area contributed by atoms with Crippen LogP contribution in [0.2, 0.25) is 0 Å². The second-order valence-corrected chi connectivity index (χ2v) is 7.09. The van der Waals surface area contributed by atoms with E-state index in [1.54, 1.807) is 18.2 Å². The van der Waals surface area contributed by atoms with E-state index < -0.39 is 11.7 Å². The minimum Gasteiger partial charge on any atom is -0.463 e. The summed E-state index contributed by atoms with van der Waals surface area (Å²) >= 11 is 0. The highest BCUT2D eigenvalue weighted by Gasteiger charge is 2.18. The molecule has 33 heavy (non-hydrogen) atoms. The largest absolute Gasteiger partial charge is 0.463 e. The van der Waals surface area contributed by atoms with Gasteiger partial charge in [0.05, 0.1) is 12.0 Å². The van der Waals surface area contributed by atoms with Crippen molar-refractivity contribution in [3.8, 4) is 28.7 Å². The third kappa shape index (κ3) is 4.19. The molecule has 8 nitrogen and oxygen atoms in total. The van der Waals surface area contributed by atoms with Gasteiger partial charge >= 0.3 is 0 Å². The number of aromatic amines is 1. The van der Waals surface area contributed by atoms with Gasteiger partial charge in [0, 0.05) is 23.3 Å². The molecule has 2 aromatic carbocycles. The third-order valence-electron chi connectivity index (χ3n) is 4.83. The summed E-state index contributed by atoms with van der Waals surface area (Å²) in [5, 5.41) is 7.22. The van der Waals surface area contributed by atoms with Crippen LogP contribution in [0.3, 0.4) is 0 Å². The molecule has 0 radical (unpaired) electrons. The zero-order chi connectivity index (χ0) is 22.8. The molecule has 0 saturated carbocycles. The SMILES string of the molecule is O=C(Nc1cc(-c2ccco2)nn1-c1nc(-c2ccccc2)cc(=O)[nH]1)c1ccc(F)cc1. The Labute approximate surface area is 186 Å². The number of benzene rings is 2. The second-order valence-electron chi connectivity index (χ2n) is 7.09. The van der Waals surface area contributed by atoms with Crippen molar-refractivity contribution in [3.63, 3.8) is 0 Å². The minimum absolute atomic E-state index is 0.105. The van der Waals surface area contributed by atoms with E-state index in [1.807, 2.05) is 30.3 Å². The summed E-state index contributed by atoms with van der Waals surface area (Å²) in [5.41, 5.74) is 1.48. The van der Waals surface area contributed by atoms with E-state index in [9.17, 15) is 14.0 Å². The molecule has 0 spiro atoms.